The summed E-state index contributed by atoms with van der Waals surface area (Å²) in [5, 5.41) is 6.66. The molecule has 0 atom stereocenters. The molecule has 5 nitrogen and oxygen atoms in total. The van der Waals surface area contributed by atoms with Crippen molar-refractivity contribution in [2.45, 2.75) is 51.1 Å². The molecule has 1 aromatic rings. The van der Waals surface area contributed by atoms with E-state index in [1.807, 2.05) is 0 Å². The van der Waals surface area contributed by atoms with E-state index in [1.165, 1.54) is 43.4 Å². The monoisotopic (exact) mass is 346 g/mol. The van der Waals surface area contributed by atoms with Gasteiger partial charge >= 0.3 is 0 Å². The number of nitrogens with one attached hydrogen (secondary N) is 2. The Hall–Kier alpha value is -1.75. The normalized spacial score (nSPS) is 15.9. The van der Waals surface area contributed by atoms with Crippen LogP contribution >= 0.6 is 0 Å². The molecule has 140 valence electrons. The first-order chi connectivity index (χ1) is 12.2. The molecule has 2 rings (SSSR count). The van der Waals surface area contributed by atoms with Gasteiger partial charge in [0.25, 0.3) is 0 Å². The minimum atomic E-state index is 0.702. The van der Waals surface area contributed by atoms with Gasteiger partial charge in [-0.2, -0.15) is 0 Å². The number of methoxy groups -OCH3 is 1. The molecule has 0 aromatic heterocycles. The summed E-state index contributed by atoms with van der Waals surface area (Å²) in [6, 6.07) is 9.59. The van der Waals surface area contributed by atoms with Crippen LogP contribution < -0.4 is 15.5 Å². The van der Waals surface area contributed by atoms with E-state index in [0.717, 1.165) is 32.1 Å². The van der Waals surface area contributed by atoms with Crippen molar-refractivity contribution in [1.82, 2.24) is 10.6 Å². The van der Waals surface area contributed by atoms with Gasteiger partial charge in [-0.05, 0) is 37.0 Å². The van der Waals surface area contributed by atoms with E-state index >= 15 is 0 Å². The summed E-state index contributed by atoms with van der Waals surface area (Å²) in [6.45, 7) is 2.40. The second-order valence-corrected chi connectivity index (χ2v) is 6.77. The zero-order valence-corrected chi connectivity index (χ0v) is 16.1. The summed E-state index contributed by atoms with van der Waals surface area (Å²) in [5.41, 5.74) is 2.58. The van der Waals surface area contributed by atoms with Gasteiger partial charge < -0.3 is 20.3 Å². The fraction of sp³-hybridized carbons (Fsp3) is 0.650. The summed E-state index contributed by atoms with van der Waals surface area (Å²) in [7, 11) is 5.76. The molecule has 0 radical (unpaired) electrons. The smallest absolute Gasteiger partial charge is 0.191 e. The van der Waals surface area contributed by atoms with Crippen LogP contribution in [0.5, 0.6) is 0 Å². The van der Waals surface area contributed by atoms with Crippen LogP contribution in [0.2, 0.25) is 0 Å². The third kappa shape index (κ3) is 6.58. The molecule has 5 heteroatoms. The van der Waals surface area contributed by atoms with E-state index in [-0.39, 0.29) is 0 Å². The van der Waals surface area contributed by atoms with Gasteiger partial charge in [-0.3, -0.25) is 4.99 Å². The molecule has 0 saturated heterocycles. The number of benzene rings is 1. The Morgan fingerprint density at radius 3 is 2.52 bits per heavy atom. The summed E-state index contributed by atoms with van der Waals surface area (Å²) in [6.07, 6.45) is 7.76. The highest BCUT2D eigenvalue weighted by Gasteiger charge is 2.18. The van der Waals surface area contributed by atoms with Gasteiger partial charge in [0, 0.05) is 52.6 Å². The molecule has 0 heterocycles. The third-order valence-corrected chi connectivity index (χ3v) is 4.97. The maximum Gasteiger partial charge on any atom is 0.191 e. The van der Waals surface area contributed by atoms with Crippen molar-refractivity contribution < 1.29 is 4.74 Å². The Morgan fingerprint density at radius 1 is 1.16 bits per heavy atom. The number of hydrogen-bond donors (Lipinski definition) is 2. The quantitative estimate of drug-likeness (QED) is 0.431. The van der Waals surface area contributed by atoms with Crippen LogP contribution in [-0.4, -0.2) is 46.4 Å². The summed E-state index contributed by atoms with van der Waals surface area (Å²) in [4.78, 5) is 6.70. The van der Waals surface area contributed by atoms with Gasteiger partial charge in [-0.1, -0.05) is 31.4 Å². The van der Waals surface area contributed by atoms with Crippen LogP contribution in [0.15, 0.2) is 29.3 Å². The van der Waals surface area contributed by atoms with Gasteiger partial charge in [0.1, 0.15) is 0 Å². The molecule has 25 heavy (non-hydrogen) atoms. The zero-order valence-electron chi connectivity index (χ0n) is 16.1. The Morgan fingerprint density at radius 2 is 1.88 bits per heavy atom. The standard InChI is InChI=1S/C20H34N4O/c1-21-20(22-14-7-15-25-3)23-16-17-10-12-19(13-11-17)24(2)18-8-5-4-6-9-18/h10-13,18H,4-9,14-16H2,1-3H3,(H2,21,22,23). The largest absolute Gasteiger partial charge is 0.385 e. The van der Waals surface area contributed by atoms with Crippen molar-refractivity contribution in [3.05, 3.63) is 29.8 Å². The number of rotatable bonds is 8. The predicted octanol–water partition coefficient (Wildman–Crippen LogP) is 3.16. The van der Waals surface area contributed by atoms with Gasteiger partial charge in [-0.15, -0.1) is 0 Å². The molecule has 1 fully saturated rings. The maximum absolute atomic E-state index is 5.06. The van der Waals surface area contributed by atoms with Gasteiger partial charge in [-0.25, -0.2) is 0 Å². The fourth-order valence-corrected chi connectivity index (χ4v) is 3.36. The van der Waals surface area contributed by atoms with Crippen LogP contribution in [0.4, 0.5) is 5.69 Å². The van der Waals surface area contributed by atoms with Crippen LogP contribution in [0.25, 0.3) is 0 Å². The Balaban J connectivity index is 1.79. The molecule has 1 aliphatic carbocycles. The molecule has 0 bridgehead atoms. The molecule has 1 aliphatic rings. The van der Waals surface area contributed by atoms with E-state index in [2.05, 4.69) is 51.8 Å². The van der Waals surface area contributed by atoms with E-state index < -0.39 is 0 Å². The number of aliphatic imine (C=N–C) groups is 1. The van der Waals surface area contributed by atoms with E-state index in [9.17, 15) is 0 Å². The Bertz CT molecular complexity index is 509. The second-order valence-electron chi connectivity index (χ2n) is 6.77. The molecular formula is C20H34N4O. The van der Waals surface area contributed by atoms with Crippen LogP contribution in [0, 0.1) is 0 Å². The first-order valence-electron chi connectivity index (χ1n) is 9.50. The lowest BCUT2D eigenvalue weighted by Crippen LogP contribution is -2.37. The van der Waals surface area contributed by atoms with E-state index in [0.29, 0.717) is 6.04 Å². The van der Waals surface area contributed by atoms with E-state index in [1.54, 1.807) is 14.2 Å². The number of guanidine groups is 1. The third-order valence-electron chi connectivity index (χ3n) is 4.97. The molecule has 0 unspecified atom stereocenters. The van der Waals surface area contributed by atoms with Crippen molar-refractivity contribution in [2.75, 3.05) is 39.3 Å². The highest BCUT2D eigenvalue weighted by molar-refractivity contribution is 5.79. The molecule has 1 aromatic carbocycles. The van der Waals surface area contributed by atoms with Crippen LogP contribution in [0.3, 0.4) is 0 Å². The van der Waals surface area contributed by atoms with Crippen molar-refractivity contribution in [3.63, 3.8) is 0 Å². The summed E-state index contributed by atoms with van der Waals surface area (Å²) >= 11 is 0. The molecule has 1 saturated carbocycles. The fourth-order valence-electron chi connectivity index (χ4n) is 3.36. The van der Waals surface area contributed by atoms with Gasteiger partial charge in [0.15, 0.2) is 5.96 Å². The molecule has 0 spiro atoms. The SMILES string of the molecule is CN=C(NCCCOC)NCc1ccc(N(C)C2CCCCC2)cc1. The average Bonchev–Trinajstić information content (AvgIpc) is 2.68. The Labute approximate surface area is 152 Å². The van der Waals surface area contributed by atoms with Crippen molar-refractivity contribution in [2.24, 2.45) is 4.99 Å². The van der Waals surface area contributed by atoms with E-state index in [4.69, 9.17) is 4.74 Å². The first kappa shape index (κ1) is 19.6. The molecule has 2 N–H and O–H groups in total. The van der Waals surface area contributed by atoms with Gasteiger partial charge in [0.05, 0.1) is 0 Å². The minimum Gasteiger partial charge on any atom is -0.385 e. The molecular weight excluding hydrogens is 312 g/mol. The lowest BCUT2D eigenvalue weighted by Gasteiger charge is -2.33. The maximum atomic E-state index is 5.06. The van der Waals surface area contributed by atoms with Crippen LogP contribution in [-0.2, 0) is 11.3 Å². The Kier molecular flexibility index (Phi) is 8.60. The highest BCUT2D eigenvalue weighted by atomic mass is 16.5. The minimum absolute atomic E-state index is 0.702. The molecule has 0 amide bonds. The zero-order chi connectivity index (χ0) is 17.9. The van der Waals surface area contributed by atoms with Crippen molar-refractivity contribution in [1.29, 1.82) is 0 Å². The van der Waals surface area contributed by atoms with Crippen LogP contribution in [0.1, 0.15) is 44.1 Å². The first-order valence-corrected chi connectivity index (χ1v) is 9.50. The second kappa shape index (κ2) is 11.0. The number of hydrogen-bond acceptors (Lipinski definition) is 3. The predicted molar refractivity (Wildman–Crippen MR) is 106 cm³/mol. The number of nitrogens with zero attached hydrogens (tertiary/aromatic N) is 2. The van der Waals surface area contributed by atoms with Crippen molar-refractivity contribution in [3.8, 4) is 0 Å². The number of ether oxygens (including phenoxy) is 1. The average molecular weight is 347 g/mol. The summed E-state index contributed by atoms with van der Waals surface area (Å²) in [5.74, 6) is 0.833. The summed E-state index contributed by atoms with van der Waals surface area (Å²) < 4.78 is 5.06. The topological polar surface area (TPSA) is 48.9 Å². The lowest BCUT2D eigenvalue weighted by atomic mass is 9.94. The van der Waals surface area contributed by atoms with Gasteiger partial charge in [0.2, 0.25) is 0 Å². The number of anilines is 1. The highest BCUT2D eigenvalue weighted by Crippen LogP contribution is 2.26. The van der Waals surface area contributed by atoms with Crippen molar-refractivity contribution >= 4 is 11.6 Å². The molecule has 0 aliphatic heterocycles. The lowest BCUT2D eigenvalue weighted by molar-refractivity contribution is 0.195.